The fraction of sp³-hybridized carbons (Fsp3) is 0.524. The highest BCUT2D eigenvalue weighted by molar-refractivity contribution is 7.13. The minimum atomic E-state index is -0.207. The molecule has 0 radical (unpaired) electrons. The average Bonchev–Trinajstić information content (AvgIpc) is 3.08. The molecule has 2 aromatic rings. The summed E-state index contributed by atoms with van der Waals surface area (Å²) in [6.45, 7) is 9.27. The van der Waals surface area contributed by atoms with Crippen LogP contribution in [-0.2, 0) is 6.54 Å². The summed E-state index contributed by atoms with van der Waals surface area (Å²) in [5.74, 6) is 1.70. The molecule has 1 aliphatic rings. The third-order valence-electron chi connectivity index (χ3n) is 4.69. The van der Waals surface area contributed by atoms with E-state index in [-0.39, 0.29) is 12.0 Å². The lowest BCUT2D eigenvalue weighted by atomic mass is 10.0. The molecule has 0 saturated carbocycles. The first-order valence-electron chi connectivity index (χ1n) is 9.77. The molecular formula is C21H29N3O3S. The fourth-order valence-electron chi connectivity index (χ4n) is 3.43. The molecule has 1 aromatic carbocycles. The molecular weight excluding hydrogens is 374 g/mol. The Bertz CT molecular complexity index is 806. The summed E-state index contributed by atoms with van der Waals surface area (Å²) < 4.78 is 11.1. The molecule has 28 heavy (non-hydrogen) atoms. The van der Waals surface area contributed by atoms with E-state index in [0.717, 1.165) is 31.2 Å². The molecule has 1 N–H and O–H groups in total. The number of carbonyl (C=O) groups is 1. The number of aromatic nitrogens is 1. The lowest BCUT2D eigenvalue weighted by Crippen LogP contribution is -2.33. The molecule has 1 fully saturated rings. The van der Waals surface area contributed by atoms with Gasteiger partial charge in [0.05, 0.1) is 18.9 Å². The molecule has 3 rings (SSSR count). The van der Waals surface area contributed by atoms with Crippen LogP contribution in [0, 0.1) is 5.92 Å². The number of methoxy groups -OCH3 is 1. The summed E-state index contributed by atoms with van der Waals surface area (Å²) in [5, 5.41) is 5.53. The number of benzene rings is 1. The molecule has 0 aliphatic carbocycles. The molecule has 1 amide bonds. The highest BCUT2D eigenvalue weighted by atomic mass is 32.1. The third-order valence-corrected chi connectivity index (χ3v) is 5.49. The Morgan fingerprint density at radius 2 is 2.21 bits per heavy atom. The van der Waals surface area contributed by atoms with E-state index in [1.165, 1.54) is 24.2 Å². The lowest BCUT2D eigenvalue weighted by molar-refractivity contribution is 0.102. The predicted molar refractivity (Wildman–Crippen MR) is 113 cm³/mol. The standard InChI is InChI=1S/C21H29N3O3S/c1-14(2)27-18-8-7-16(10-19(18)26-4)20(25)23-21-22-17(13-28-21)12-24-9-5-6-15(3)11-24/h7-8,10,13-15H,5-6,9,11-12H2,1-4H3,(H,22,23,25)/t15-/m1/s1. The third kappa shape index (κ3) is 5.45. The number of hydrogen-bond donors (Lipinski definition) is 1. The summed E-state index contributed by atoms with van der Waals surface area (Å²) in [7, 11) is 1.57. The maximum absolute atomic E-state index is 12.6. The van der Waals surface area contributed by atoms with Gasteiger partial charge in [0, 0.05) is 24.0 Å². The first-order valence-corrected chi connectivity index (χ1v) is 10.7. The van der Waals surface area contributed by atoms with E-state index < -0.39 is 0 Å². The zero-order valence-corrected chi connectivity index (χ0v) is 17.8. The van der Waals surface area contributed by atoms with Crippen molar-refractivity contribution >= 4 is 22.4 Å². The highest BCUT2D eigenvalue weighted by Gasteiger charge is 2.18. The van der Waals surface area contributed by atoms with Gasteiger partial charge in [-0.25, -0.2) is 4.98 Å². The van der Waals surface area contributed by atoms with Crippen LogP contribution in [0.2, 0.25) is 0 Å². The van der Waals surface area contributed by atoms with Gasteiger partial charge >= 0.3 is 0 Å². The number of anilines is 1. The van der Waals surface area contributed by atoms with Crippen LogP contribution >= 0.6 is 11.3 Å². The summed E-state index contributed by atoms with van der Waals surface area (Å²) in [5.41, 5.74) is 1.52. The van der Waals surface area contributed by atoms with Crippen molar-refractivity contribution in [3.05, 3.63) is 34.8 Å². The van der Waals surface area contributed by atoms with Gasteiger partial charge in [-0.3, -0.25) is 15.0 Å². The summed E-state index contributed by atoms with van der Waals surface area (Å²) in [4.78, 5) is 19.6. The molecule has 152 valence electrons. The van der Waals surface area contributed by atoms with Crippen molar-refractivity contribution in [1.29, 1.82) is 0 Å². The number of rotatable bonds is 7. The van der Waals surface area contributed by atoms with Crippen LogP contribution in [-0.4, -0.2) is 42.1 Å². The monoisotopic (exact) mass is 403 g/mol. The Hall–Kier alpha value is -2.12. The van der Waals surface area contributed by atoms with Gasteiger partial charge < -0.3 is 9.47 Å². The number of carbonyl (C=O) groups excluding carboxylic acids is 1. The van der Waals surface area contributed by atoms with Crippen molar-refractivity contribution < 1.29 is 14.3 Å². The molecule has 1 aromatic heterocycles. The maximum Gasteiger partial charge on any atom is 0.257 e. The number of nitrogens with zero attached hydrogens (tertiary/aromatic N) is 2. The molecule has 2 heterocycles. The molecule has 0 bridgehead atoms. The van der Waals surface area contributed by atoms with Gasteiger partial charge in [-0.15, -0.1) is 11.3 Å². The zero-order chi connectivity index (χ0) is 20.1. The van der Waals surface area contributed by atoms with E-state index in [1.807, 2.05) is 19.2 Å². The van der Waals surface area contributed by atoms with Crippen LogP contribution in [0.1, 0.15) is 49.7 Å². The van der Waals surface area contributed by atoms with Crippen molar-refractivity contribution in [2.75, 3.05) is 25.5 Å². The summed E-state index contributed by atoms with van der Waals surface area (Å²) in [6.07, 6.45) is 2.58. The number of nitrogens with one attached hydrogen (secondary N) is 1. The topological polar surface area (TPSA) is 63.7 Å². The van der Waals surface area contributed by atoms with Crippen LogP contribution in [0.25, 0.3) is 0 Å². The zero-order valence-electron chi connectivity index (χ0n) is 17.0. The van der Waals surface area contributed by atoms with Crippen molar-refractivity contribution in [3.63, 3.8) is 0 Å². The molecule has 1 atom stereocenters. The molecule has 1 aliphatic heterocycles. The van der Waals surface area contributed by atoms with Crippen molar-refractivity contribution in [1.82, 2.24) is 9.88 Å². The first kappa shape index (κ1) is 20.6. The predicted octanol–water partition coefficient (Wildman–Crippen LogP) is 4.42. The van der Waals surface area contributed by atoms with Crippen LogP contribution < -0.4 is 14.8 Å². The van der Waals surface area contributed by atoms with Gasteiger partial charge in [-0.1, -0.05) is 6.92 Å². The molecule has 7 heteroatoms. The fourth-order valence-corrected chi connectivity index (χ4v) is 4.12. The van der Waals surface area contributed by atoms with E-state index in [0.29, 0.717) is 22.2 Å². The Balaban J connectivity index is 1.62. The van der Waals surface area contributed by atoms with Crippen molar-refractivity contribution in [2.45, 2.75) is 46.3 Å². The van der Waals surface area contributed by atoms with Gasteiger partial charge in [0.25, 0.3) is 5.91 Å². The van der Waals surface area contributed by atoms with Crippen molar-refractivity contribution in [3.8, 4) is 11.5 Å². The number of thiazole rings is 1. The average molecular weight is 404 g/mol. The Morgan fingerprint density at radius 1 is 1.39 bits per heavy atom. The van der Waals surface area contributed by atoms with E-state index in [1.54, 1.807) is 25.3 Å². The number of amides is 1. The lowest BCUT2D eigenvalue weighted by Gasteiger charge is -2.30. The van der Waals surface area contributed by atoms with Crippen LogP contribution in [0.4, 0.5) is 5.13 Å². The largest absolute Gasteiger partial charge is 0.493 e. The van der Waals surface area contributed by atoms with Crippen molar-refractivity contribution in [2.24, 2.45) is 5.92 Å². The van der Waals surface area contributed by atoms with Gasteiger partial charge in [0.2, 0.25) is 0 Å². The van der Waals surface area contributed by atoms with E-state index in [2.05, 4.69) is 22.1 Å². The summed E-state index contributed by atoms with van der Waals surface area (Å²) >= 11 is 1.46. The number of likely N-dealkylation sites (tertiary alicyclic amines) is 1. The quantitative estimate of drug-likeness (QED) is 0.741. The molecule has 0 unspecified atom stereocenters. The second-order valence-corrected chi connectivity index (χ2v) is 8.47. The first-order chi connectivity index (χ1) is 13.4. The second-order valence-electron chi connectivity index (χ2n) is 7.61. The molecule has 0 spiro atoms. The smallest absolute Gasteiger partial charge is 0.257 e. The molecule has 6 nitrogen and oxygen atoms in total. The minimum absolute atomic E-state index is 0.0326. The van der Waals surface area contributed by atoms with Crippen LogP contribution in [0.3, 0.4) is 0 Å². The van der Waals surface area contributed by atoms with E-state index >= 15 is 0 Å². The van der Waals surface area contributed by atoms with Crippen LogP contribution in [0.15, 0.2) is 23.6 Å². The number of piperidine rings is 1. The number of hydrogen-bond acceptors (Lipinski definition) is 6. The van der Waals surface area contributed by atoms with Crippen LogP contribution in [0.5, 0.6) is 11.5 Å². The van der Waals surface area contributed by atoms with Gasteiger partial charge in [-0.2, -0.15) is 0 Å². The van der Waals surface area contributed by atoms with E-state index in [9.17, 15) is 4.79 Å². The SMILES string of the molecule is COc1cc(C(=O)Nc2nc(CN3CCC[C@@H](C)C3)cs2)ccc1OC(C)C. The van der Waals surface area contributed by atoms with E-state index in [4.69, 9.17) is 9.47 Å². The van der Waals surface area contributed by atoms with Gasteiger partial charge in [0.15, 0.2) is 16.6 Å². The van der Waals surface area contributed by atoms with Gasteiger partial charge in [0.1, 0.15) is 0 Å². The Morgan fingerprint density at radius 3 is 2.93 bits per heavy atom. The number of ether oxygens (including phenoxy) is 2. The molecule has 1 saturated heterocycles. The Labute approximate surface area is 170 Å². The maximum atomic E-state index is 12.6. The second kappa shape index (κ2) is 9.39. The van der Waals surface area contributed by atoms with Gasteiger partial charge in [-0.05, 0) is 57.4 Å². The highest BCUT2D eigenvalue weighted by Crippen LogP contribution is 2.29. The minimum Gasteiger partial charge on any atom is -0.493 e. The normalized spacial score (nSPS) is 17.5. The Kier molecular flexibility index (Phi) is 6.91. The summed E-state index contributed by atoms with van der Waals surface area (Å²) in [6, 6.07) is 5.19.